The zero-order chi connectivity index (χ0) is 23.4. The molecule has 172 valence electrons. The van der Waals surface area contributed by atoms with Crippen LogP contribution in [0.5, 0.6) is 11.5 Å². The average Bonchev–Trinajstić information content (AvgIpc) is 3.02. The van der Waals surface area contributed by atoms with Crippen LogP contribution < -0.4 is 15.2 Å². The number of hydrogen-bond acceptors (Lipinski definition) is 6. The molecule has 0 saturated carbocycles. The quantitative estimate of drug-likeness (QED) is 0.503. The number of carbonyl (C=O) groups excluding carboxylic acids is 1. The fraction of sp³-hybridized carbons (Fsp3) is 0.231. The summed E-state index contributed by atoms with van der Waals surface area (Å²) < 4.78 is 7.90. The number of pyridine rings is 1. The van der Waals surface area contributed by atoms with E-state index in [1.807, 2.05) is 48.4 Å². The van der Waals surface area contributed by atoms with Gasteiger partial charge in [-0.1, -0.05) is 36.4 Å². The molecule has 4 heterocycles. The molecule has 34 heavy (non-hydrogen) atoms. The lowest BCUT2D eigenvalue weighted by molar-refractivity contribution is 0.0642. The van der Waals surface area contributed by atoms with E-state index in [0.29, 0.717) is 6.61 Å². The molecule has 1 aromatic heterocycles. The normalized spacial score (nSPS) is 21.9. The molecule has 8 heteroatoms. The molecule has 0 saturated heterocycles. The van der Waals surface area contributed by atoms with E-state index in [9.17, 15) is 14.7 Å². The number of thioether (sulfide) groups is 1. The Hall–Kier alpha value is -3.65. The topological polar surface area (TPSA) is 75.0 Å². The highest BCUT2D eigenvalue weighted by atomic mass is 32.2. The van der Waals surface area contributed by atoms with E-state index < -0.39 is 11.2 Å². The van der Waals surface area contributed by atoms with Crippen LogP contribution in [0, 0.1) is 0 Å². The minimum atomic E-state index is -0.574. The fourth-order valence-corrected chi connectivity index (χ4v) is 6.06. The molecule has 0 spiro atoms. The van der Waals surface area contributed by atoms with Gasteiger partial charge in [-0.3, -0.25) is 19.3 Å². The lowest BCUT2D eigenvalue weighted by atomic mass is 9.93. The number of aromatic nitrogens is 1. The summed E-state index contributed by atoms with van der Waals surface area (Å²) in [5, 5.41) is 12.8. The van der Waals surface area contributed by atoms with Gasteiger partial charge in [0.2, 0.25) is 5.43 Å². The number of fused-ring (bicyclic) bond motifs is 7. The number of benzene rings is 2. The summed E-state index contributed by atoms with van der Waals surface area (Å²) in [5.41, 5.74) is 2.67. The van der Waals surface area contributed by atoms with Crippen LogP contribution in [-0.2, 0) is 5.75 Å². The van der Waals surface area contributed by atoms with Gasteiger partial charge in [0.15, 0.2) is 11.4 Å². The zero-order valence-corrected chi connectivity index (χ0v) is 19.4. The number of aromatic hydroxyl groups is 1. The van der Waals surface area contributed by atoms with Gasteiger partial charge >= 0.3 is 0 Å². The Kier molecular flexibility index (Phi) is 4.91. The summed E-state index contributed by atoms with van der Waals surface area (Å²) in [6.45, 7) is 2.57. The Morgan fingerprint density at radius 3 is 2.82 bits per heavy atom. The van der Waals surface area contributed by atoms with Crippen LogP contribution in [0.3, 0.4) is 0 Å². The van der Waals surface area contributed by atoms with Gasteiger partial charge in [0.05, 0.1) is 0 Å². The molecule has 6 rings (SSSR count). The lowest BCUT2D eigenvalue weighted by Gasteiger charge is -2.45. The maximum atomic E-state index is 13.5. The number of nitrogens with zero attached hydrogens (tertiary/aromatic N) is 3. The van der Waals surface area contributed by atoms with Crippen molar-refractivity contribution in [3.8, 4) is 11.5 Å². The van der Waals surface area contributed by atoms with Gasteiger partial charge in [-0.15, -0.1) is 11.8 Å². The number of carbonyl (C=O) groups is 1. The zero-order valence-electron chi connectivity index (χ0n) is 18.5. The van der Waals surface area contributed by atoms with Gasteiger partial charge < -0.3 is 14.7 Å². The van der Waals surface area contributed by atoms with Crippen LogP contribution in [-0.4, -0.2) is 39.9 Å². The second-order valence-electron chi connectivity index (χ2n) is 8.62. The van der Waals surface area contributed by atoms with E-state index in [1.54, 1.807) is 27.5 Å². The van der Waals surface area contributed by atoms with Crippen LogP contribution in [0.2, 0.25) is 0 Å². The molecule has 2 aromatic carbocycles. The van der Waals surface area contributed by atoms with Gasteiger partial charge in [0, 0.05) is 34.5 Å². The van der Waals surface area contributed by atoms with E-state index in [0.717, 1.165) is 33.1 Å². The molecule has 2 bridgehead atoms. The Morgan fingerprint density at radius 1 is 1.09 bits per heavy atom. The molecule has 7 nitrogen and oxygen atoms in total. The molecule has 3 aromatic rings. The molecule has 2 atom stereocenters. The molecule has 0 unspecified atom stereocenters. The van der Waals surface area contributed by atoms with E-state index in [-0.39, 0.29) is 30.4 Å². The van der Waals surface area contributed by atoms with Gasteiger partial charge in [-0.2, -0.15) is 0 Å². The summed E-state index contributed by atoms with van der Waals surface area (Å²) in [5.74, 6) is 0.655. The minimum absolute atomic E-state index is 0.0208. The van der Waals surface area contributed by atoms with Crippen LogP contribution in [0.25, 0.3) is 0 Å². The Balaban J connectivity index is 1.69. The van der Waals surface area contributed by atoms with Gasteiger partial charge in [0.25, 0.3) is 5.91 Å². The second kappa shape index (κ2) is 7.99. The van der Waals surface area contributed by atoms with Gasteiger partial charge in [-0.05, 0) is 36.3 Å². The summed E-state index contributed by atoms with van der Waals surface area (Å²) in [7, 11) is 0. The predicted molar refractivity (Wildman–Crippen MR) is 130 cm³/mol. The van der Waals surface area contributed by atoms with E-state index in [4.69, 9.17) is 4.74 Å². The standard InChI is InChI=1S/C26H23N3O4S/c1-16-6-5-13-33-20-9-4-7-17-14-34-21-10-3-2-8-18(21)23(22(17)20)29-15-27(16)26(32)24-25(31)19(30)11-12-28(24)29/h2-12,16,23,31H,13-15H2,1H3/b6-5-/t16-,23-/m1/s1. The Labute approximate surface area is 200 Å². The van der Waals surface area contributed by atoms with Crippen LogP contribution in [0.4, 0.5) is 0 Å². The van der Waals surface area contributed by atoms with Crippen molar-refractivity contribution >= 4 is 17.7 Å². The maximum absolute atomic E-state index is 13.5. The first-order valence-corrected chi connectivity index (χ1v) is 12.2. The lowest BCUT2D eigenvalue weighted by Crippen LogP contribution is -2.57. The smallest absolute Gasteiger partial charge is 0.278 e. The van der Waals surface area contributed by atoms with Crippen molar-refractivity contribution in [1.82, 2.24) is 9.58 Å². The second-order valence-corrected chi connectivity index (χ2v) is 9.63. The molecule has 3 aliphatic heterocycles. The average molecular weight is 474 g/mol. The highest BCUT2D eigenvalue weighted by Crippen LogP contribution is 2.46. The highest BCUT2D eigenvalue weighted by Gasteiger charge is 2.40. The summed E-state index contributed by atoms with van der Waals surface area (Å²) in [4.78, 5) is 28.7. The Bertz CT molecular complexity index is 1400. The van der Waals surface area contributed by atoms with Crippen LogP contribution in [0.15, 0.2) is 76.6 Å². The third kappa shape index (κ3) is 3.13. The van der Waals surface area contributed by atoms with E-state index in [1.165, 1.54) is 6.07 Å². The van der Waals surface area contributed by atoms with Crippen LogP contribution in [0.1, 0.15) is 40.1 Å². The SMILES string of the molecule is C[C@@H]1/C=C\COc2cccc3c2[C@@H](c2ccccc2SC3)N2CN1C(=O)c1c(O)c(=O)ccn12. The molecule has 0 radical (unpaired) electrons. The van der Waals surface area contributed by atoms with Gasteiger partial charge in [-0.25, -0.2) is 0 Å². The van der Waals surface area contributed by atoms with Crippen molar-refractivity contribution < 1.29 is 14.6 Å². The summed E-state index contributed by atoms with van der Waals surface area (Å²) in [6.07, 6.45) is 5.41. The minimum Gasteiger partial charge on any atom is -0.502 e. The molecule has 1 N–H and O–H groups in total. The third-order valence-electron chi connectivity index (χ3n) is 6.66. The van der Waals surface area contributed by atoms with Crippen molar-refractivity contribution in [2.24, 2.45) is 0 Å². The Morgan fingerprint density at radius 2 is 1.94 bits per heavy atom. The van der Waals surface area contributed by atoms with Crippen LogP contribution >= 0.6 is 11.8 Å². The molecular formula is C26H23N3O4S. The predicted octanol–water partition coefficient (Wildman–Crippen LogP) is 3.64. The van der Waals surface area contributed by atoms with Crippen molar-refractivity contribution in [2.75, 3.05) is 18.3 Å². The highest BCUT2D eigenvalue weighted by molar-refractivity contribution is 7.98. The monoisotopic (exact) mass is 473 g/mol. The van der Waals surface area contributed by atoms with Crippen molar-refractivity contribution in [1.29, 1.82) is 0 Å². The molecule has 0 fully saturated rings. The first kappa shape index (κ1) is 20.9. The number of ether oxygens (including phenoxy) is 1. The van der Waals surface area contributed by atoms with Gasteiger partial charge in [0.1, 0.15) is 25.1 Å². The first-order valence-electron chi connectivity index (χ1n) is 11.2. The van der Waals surface area contributed by atoms with Crippen molar-refractivity contribution in [3.05, 3.63) is 99.5 Å². The number of hydrogen-bond donors (Lipinski definition) is 1. The molecule has 1 amide bonds. The maximum Gasteiger partial charge on any atom is 0.278 e. The molecule has 0 aliphatic carbocycles. The number of rotatable bonds is 0. The van der Waals surface area contributed by atoms with Crippen molar-refractivity contribution in [2.45, 2.75) is 29.7 Å². The fourth-order valence-electron chi connectivity index (χ4n) is 4.98. The largest absolute Gasteiger partial charge is 0.502 e. The molecule has 3 aliphatic rings. The number of amides is 1. The molecular weight excluding hydrogens is 450 g/mol. The third-order valence-corrected chi connectivity index (χ3v) is 7.80. The summed E-state index contributed by atoms with van der Waals surface area (Å²) in [6, 6.07) is 15.1. The summed E-state index contributed by atoms with van der Waals surface area (Å²) >= 11 is 1.77. The van der Waals surface area contributed by atoms with Crippen molar-refractivity contribution in [3.63, 3.8) is 0 Å². The van der Waals surface area contributed by atoms with E-state index >= 15 is 0 Å². The first-order chi connectivity index (χ1) is 16.5. The van der Waals surface area contributed by atoms with E-state index in [2.05, 4.69) is 18.2 Å².